The van der Waals surface area contributed by atoms with Gasteiger partial charge in [-0.3, -0.25) is 0 Å². The average Bonchev–Trinajstić information content (AvgIpc) is 2.88. The summed E-state index contributed by atoms with van der Waals surface area (Å²) in [5.74, 6) is -1.01. The van der Waals surface area contributed by atoms with Crippen molar-refractivity contribution in [2.24, 2.45) is 7.05 Å². The van der Waals surface area contributed by atoms with Crippen LogP contribution in [0.5, 0.6) is 5.75 Å². The monoisotopic (exact) mass is 501 g/mol. The number of carboxylic acids is 1. The largest absolute Gasteiger partial charge is 0.744 e. The predicted molar refractivity (Wildman–Crippen MR) is 133 cm³/mol. The number of fused-ring (bicyclic) bond motifs is 3. The first kappa shape index (κ1) is 23.7. The molecule has 0 fully saturated rings. The number of hydrogen-bond donors (Lipinski definition) is 1. The van der Waals surface area contributed by atoms with E-state index in [-0.39, 0.29) is 11.3 Å². The minimum absolute atomic E-state index is 0.000988. The third-order valence-electron chi connectivity index (χ3n) is 6.68. The van der Waals surface area contributed by atoms with Gasteiger partial charge in [-0.15, -0.1) is 0 Å². The van der Waals surface area contributed by atoms with Crippen molar-refractivity contribution in [1.82, 2.24) is 0 Å². The van der Waals surface area contributed by atoms with Gasteiger partial charge in [-0.05, 0) is 72.0 Å². The number of ether oxygens (including phenoxy) is 1. The van der Waals surface area contributed by atoms with Crippen LogP contribution >= 0.6 is 0 Å². The molecule has 0 bridgehead atoms. The van der Waals surface area contributed by atoms with Gasteiger partial charge in [-0.2, -0.15) is 4.57 Å². The van der Waals surface area contributed by atoms with Crippen LogP contribution in [0.4, 0.5) is 0 Å². The number of methoxy groups -OCH3 is 1. The normalized spacial score (nSPS) is 12.5. The van der Waals surface area contributed by atoms with Crippen LogP contribution in [-0.2, 0) is 30.0 Å². The molecule has 0 spiro atoms. The lowest BCUT2D eigenvalue weighted by molar-refractivity contribution is -0.649. The fraction of sp³-hybridized carbons (Fsp3) is 0.143. The first-order valence-electron chi connectivity index (χ1n) is 11.3. The van der Waals surface area contributed by atoms with Gasteiger partial charge in [-0.1, -0.05) is 24.3 Å². The van der Waals surface area contributed by atoms with E-state index < -0.39 is 21.0 Å². The topological polar surface area (TPSA) is 108 Å². The number of rotatable bonds is 5. The molecule has 0 aliphatic heterocycles. The van der Waals surface area contributed by atoms with Crippen LogP contribution in [0.2, 0.25) is 0 Å². The number of carboxylic acid groups (broad SMARTS) is 1. The van der Waals surface area contributed by atoms with Gasteiger partial charge in [0.1, 0.15) is 22.9 Å². The molecule has 1 aromatic heterocycles. The maximum Gasteiger partial charge on any atom is 0.335 e. The number of aryl methyl sites for hydroxylation is 1. The third-order valence-corrected chi connectivity index (χ3v) is 7.53. The summed E-state index contributed by atoms with van der Waals surface area (Å²) >= 11 is 0. The summed E-state index contributed by atoms with van der Waals surface area (Å²) in [5, 5.41) is 9.31. The van der Waals surface area contributed by atoms with Crippen molar-refractivity contribution in [2.45, 2.75) is 17.7 Å². The van der Waals surface area contributed by atoms with Crippen molar-refractivity contribution in [3.8, 4) is 39.4 Å². The molecular formula is C28H23NO6S. The van der Waals surface area contributed by atoms with Gasteiger partial charge in [0, 0.05) is 22.8 Å². The number of pyridine rings is 1. The van der Waals surface area contributed by atoms with Crippen molar-refractivity contribution >= 4 is 16.1 Å². The molecule has 0 amide bonds. The highest BCUT2D eigenvalue weighted by molar-refractivity contribution is 7.85. The van der Waals surface area contributed by atoms with Crippen molar-refractivity contribution in [3.05, 3.63) is 89.5 Å². The predicted octanol–water partition coefficient (Wildman–Crippen LogP) is 4.22. The van der Waals surface area contributed by atoms with Gasteiger partial charge >= 0.3 is 5.97 Å². The lowest BCUT2D eigenvalue weighted by atomic mass is 9.83. The van der Waals surface area contributed by atoms with Crippen molar-refractivity contribution in [2.75, 3.05) is 7.11 Å². The van der Waals surface area contributed by atoms with Gasteiger partial charge in [0.15, 0.2) is 0 Å². The zero-order valence-corrected chi connectivity index (χ0v) is 20.5. The second-order valence-electron chi connectivity index (χ2n) is 8.69. The van der Waals surface area contributed by atoms with E-state index >= 15 is 0 Å². The molecule has 0 radical (unpaired) electrons. The summed E-state index contributed by atoms with van der Waals surface area (Å²) < 4.78 is 43.2. The highest BCUT2D eigenvalue weighted by Crippen LogP contribution is 2.40. The first-order valence-corrected chi connectivity index (χ1v) is 12.7. The quantitative estimate of drug-likeness (QED) is 0.324. The Balaban J connectivity index is 1.82. The molecule has 7 nitrogen and oxygen atoms in total. The lowest BCUT2D eigenvalue weighted by Gasteiger charge is -2.22. The van der Waals surface area contributed by atoms with Crippen LogP contribution in [0, 0.1) is 0 Å². The smallest absolute Gasteiger partial charge is 0.335 e. The number of aromatic nitrogens is 1. The van der Waals surface area contributed by atoms with Crippen molar-refractivity contribution in [1.29, 1.82) is 0 Å². The third kappa shape index (κ3) is 4.04. The highest BCUT2D eigenvalue weighted by Gasteiger charge is 2.30. The fourth-order valence-corrected chi connectivity index (χ4v) is 5.62. The minimum Gasteiger partial charge on any atom is -0.744 e. The van der Waals surface area contributed by atoms with Gasteiger partial charge in [0.05, 0.1) is 17.6 Å². The summed E-state index contributed by atoms with van der Waals surface area (Å²) in [4.78, 5) is 10.9. The fourth-order valence-electron chi connectivity index (χ4n) is 4.95. The molecule has 1 heterocycles. The zero-order chi connectivity index (χ0) is 25.6. The van der Waals surface area contributed by atoms with Crippen LogP contribution in [0.3, 0.4) is 0 Å². The summed E-state index contributed by atoms with van der Waals surface area (Å²) in [5.41, 5.74) is 7.53. The van der Waals surface area contributed by atoms with E-state index in [1.165, 1.54) is 24.8 Å². The molecular weight excluding hydrogens is 478 g/mol. The van der Waals surface area contributed by atoms with E-state index in [4.69, 9.17) is 4.74 Å². The Morgan fingerprint density at radius 3 is 2.31 bits per heavy atom. The van der Waals surface area contributed by atoms with Crippen LogP contribution in [0.15, 0.2) is 77.7 Å². The van der Waals surface area contributed by atoms with E-state index in [2.05, 4.69) is 16.7 Å². The first-order chi connectivity index (χ1) is 17.2. The average molecular weight is 502 g/mol. The zero-order valence-electron chi connectivity index (χ0n) is 19.7. The van der Waals surface area contributed by atoms with Crippen LogP contribution < -0.4 is 9.30 Å². The number of carbonyl (C=O) groups is 1. The van der Waals surface area contributed by atoms with E-state index in [9.17, 15) is 22.9 Å². The summed E-state index contributed by atoms with van der Waals surface area (Å²) in [6, 6.07) is 21.4. The second kappa shape index (κ2) is 8.89. The van der Waals surface area contributed by atoms with Gasteiger partial charge in [0.25, 0.3) is 0 Å². The van der Waals surface area contributed by atoms with Crippen LogP contribution in [0.25, 0.3) is 33.6 Å². The maximum absolute atomic E-state index is 12.0. The molecule has 5 rings (SSSR count). The minimum atomic E-state index is -4.77. The van der Waals surface area contributed by atoms with E-state index in [1.807, 2.05) is 25.2 Å². The lowest BCUT2D eigenvalue weighted by Crippen LogP contribution is -2.37. The van der Waals surface area contributed by atoms with E-state index in [1.54, 1.807) is 30.3 Å². The Bertz CT molecular complexity index is 1630. The number of hydrogen-bond acceptors (Lipinski definition) is 5. The Morgan fingerprint density at radius 1 is 0.944 bits per heavy atom. The molecule has 8 heteroatoms. The van der Waals surface area contributed by atoms with Crippen LogP contribution in [-0.4, -0.2) is 31.2 Å². The molecule has 36 heavy (non-hydrogen) atoms. The Kier molecular flexibility index (Phi) is 5.86. The van der Waals surface area contributed by atoms with Gasteiger partial charge < -0.3 is 14.4 Å². The molecule has 0 saturated carbocycles. The highest BCUT2D eigenvalue weighted by atomic mass is 32.2. The SMILES string of the molecule is COc1ccc(-c2cc(-c3ccc(C(=O)O)cc3)[n+](C)c3c2CCc2ccccc2-3)cc1S(=O)(=O)[O-]. The molecule has 1 aliphatic rings. The van der Waals surface area contributed by atoms with E-state index in [0.29, 0.717) is 5.56 Å². The standard InChI is InChI=1S/C28H23NO6S/c1-29-24(18-7-9-19(10-8-18)28(30)31)16-23(20-12-14-25(35-2)26(15-20)36(32,33)34)22-13-11-17-5-3-4-6-21(17)27(22)29/h3-10,12,14-16H,11,13H2,1-2H3,(H-,30,31,32,33,34). The Hall–Kier alpha value is -4.01. The number of benzene rings is 3. The molecule has 3 aromatic carbocycles. The summed E-state index contributed by atoms with van der Waals surface area (Å²) in [6.45, 7) is 0. The van der Waals surface area contributed by atoms with Crippen molar-refractivity contribution < 1.29 is 32.2 Å². The van der Waals surface area contributed by atoms with Gasteiger partial charge in [-0.25, -0.2) is 13.2 Å². The second-order valence-corrected chi connectivity index (χ2v) is 10.0. The summed E-state index contributed by atoms with van der Waals surface area (Å²) in [6.07, 6.45) is 1.56. The molecule has 182 valence electrons. The van der Waals surface area contributed by atoms with Gasteiger partial charge in [0.2, 0.25) is 11.4 Å². The molecule has 1 N–H and O–H groups in total. The molecule has 1 aliphatic carbocycles. The summed E-state index contributed by atoms with van der Waals surface area (Å²) in [7, 11) is -1.48. The van der Waals surface area contributed by atoms with E-state index in [0.717, 1.165) is 46.5 Å². The molecule has 0 saturated heterocycles. The van der Waals surface area contributed by atoms with Crippen LogP contribution in [0.1, 0.15) is 21.5 Å². The number of nitrogens with zero attached hydrogens (tertiary/aromatic N) is 1. The molecule has 4 aromatic rings. The molecule has 0 unspecified atom stereocenters. The Morgan fingerprint density at radius 2 is 1.64 bits per heavy atom. The maximum atomic E-state index is 12.0. The number of aromatic carboxylic acids is 1. The molecule has 0 atom stereocenters. The Labute approximate surface area is 209 Å². The van der Waals surface area contributed by atoms with Crippen molar-refractivity contribution in [3.63, 3.8) is 0 Å².